The third-order valence-corrected chi connectivity index (χ3v) is 4.91. The predicted molar refractivity (Wildman–Crippen MR) is 87.8 cm³/mol. The van der Waals surface area contributed by atoms with Gasteiger partial charge in [0.15, 0.2) is 17.2 Å². The van der Waals surface area contributed by atoms with E-state index in [0.29, 0.717) is 24.7 Å². The van der Waals surface area contributed by atoms with E-state index < -0.39 is 0 Å². The Morgan fingerprint density at radius 3 is 2.83 bits per heavy atom. The average Bonchev–Trinajstić information content (AvgIpc) is 3.17. The number of aromatic nitrogens is 2. The highest BCUT2D eigenvalue weighted by molar-refractivity contribution is 7.98. The van der Waals surface area contributed by atoms with Crippen molar-refractivity contribution >= 4 is 23.4 Å². The Balaban J connectivity index is 1.64. The van der Waals surface area contributed by atoms with Crippen LogP contribution in [0, 0.1) is 0 Å². The van der Waals surface area contributed by atoms with Gasteiger partial charge in [0, 0.05) is 22.2 Å². The molecule has 1 aliphatic heterocycles. The standard InChI is InChI=1S/C16H17N3O3S/c1-23-14-8-13-12(21-5-6-22-13)7-11(14)17-16(20)15-9-3-2-4-10(9)18-19-15/h7-8H,2-6H2,1H3,(H,17,20)(H,18,19). The van der Waals surface area contributed by atoms with Crippen molar-refractivity contribution in [2.75, 3.05) is 24.8 Å². The zero-order valence-electron chi connectivity index (χ0n) is 12.8. The molecule has 0 unspecified atom stereocenters. The molecule has 0 spiro atoms. The van der Waals surface area contributed by atoms with Gasteiger partial charge in [-0.1, -0.05) is 0 Å². The lowest BCUT2D eigenvalue weighted by Crippen LogP contribution is -2.18. The van der Waals surface area contributed by atoms with Gasteiger partial charge in [-0.3, -0.25) is 9.89 Å². The van der Waals surface area contributed by atoms with Gasteiger partial charge >= 0.3 is 0 Å². The fourth-order valence-electron chi connectivity index (χ4n) is 3.03. The fraction of sp³-hybridized carbons (Fsp3) is 0.375. The molecule has 6 nitrogen and oxygen atoms in total. The summed E-state index contributed by atoms with van der Waals surface area (Å²) in [5, 5.41) is 10.1. The second kappa shape index (κ2) is 5.81. The van der Waals surface area contributed by atoms with Crippen LogP contribution in [0.5, 0.6) is 11.5 Å². The first-order valence-corrected chi connectivity index (χ1v) is 8.84. The molecule has 2 heterocycles. The molecule has 1 aromatic heterocycles. The quantitative estimate of drug-likeness (QED) is 0.846. The monoisotopic (exact) mass is 331 g/mol. The van der Waals surface area contributed by atoms with E-state index in [9.17, 15) is 4.79 Å². The van der Waals surface area contributed by atoms with Crippen molar-refractivity contribution in [1.29, 1.82) is 0 Å². The van der Waals surface area contributed by atoms with Crippen molar-refractivity contribution in [3.05, 3.63) is 29.1 Å². The Labute approximate surface area is 137 Å². The van der Waals surface area contributed by atoms with Crippen molar-refractivity contribution in [1.82, 2.24) is 10.2 Å². The van der Waals surface area contributed by atoms with Crippen molar-refractivity contribution in [3.8, 4) is 11.5 Å². The number of carbonyl (C=O) groups excluding carboxylic acids is 1. The van der Waals surface area contributed by atoms with E-state index in [0.717, 1.165) is 46.9 Å². The summed E-state index contributed by atoms with van der Waals surface area (Å²) in [5.41, 5.74) is 3.36. The van der Waals surface area contributed by atoms with Crippen molar-refractivity contribution in [2.45, 2.75) is 24.2 Å². The molecule has 1 amide bonds. The van der Waals surface area contributed by atoms with Gasteiger partial charge in [-0.15, -0.1) is 11.8 Å². The van der Waals surface area contributed by atoms with Crippen LogP contribution in [0.15, 0.2) is 17.0 Å². The summed E-state index contributed by atoms with van der Waals surface area (Å²) in [6.45, 7) is 1.07. The number of hydrogen-bond acceptors (Lipinski definition) is 5. The third kappa shape index (κ3) is 2.55. The van der Waals surface area contributed by atoms with Crippen LogP contribution in [0.1, 0.15) is 28.2 Å². The Morgan fingerprint density at radius 2 is 2.04 bits per heavy atom. The molecule has 0 saturated heterocycles. The van der Waals surface area contributed by atoms with Crippen molar-refractivity contribution in [3.63, 3.8) is 0 Å². The van der Waals surface area contributed by atoms with Crippen LogP contribution in [0.2, 0.25) is 0 Å². The minimum absolute atomic E-state index is 0.184. The van der Waals surface area contributed by atoms with Gasteiger partial charge in [-0.2, -0.15) is 5.10 Å². The van der Waals surface area contributed by atoms with Crippen LogP contribution >= 0.6 is 11.8 Å². The number of aromatic amines is 1. The number of anilines is 1. The van der Waals surface area contributed by atoms with Gasteiger partial charge in [-0.05, 0) is 31.6 Å². The van der Waals surface area contributed by atoms with Gasteiger partial charge < -0.3 is 14.8 Å². The number of thioether (sulfide) groups is 1. The number of hydrogen-bond donors (Lipinski definition) is 2. The number of ether oxygens (including phenoxy) is 2. The molecule has 2 aliphatic rings. The molecule has 120 valence electrons. The highest BCUT2D eigenvalue weighted by atomic mass is 32.2. The largest absolute Gasteiger partial charge is 0.486 e. The van der Waals surface area contributed by atoms with Crippen molar-refractivity contribution < 1.29 is 14.3 Å². The molecular formula is C16H17N3O3S. The van der Waals surface area contributed by atoms with Crippen LogP contribution in [-0.4, -0.2) is 35.6 Å². The number of fused-ring (bicyclic) bond motifs is 2. The molecule has 0 fully saturated rings. The maximum Gasteiger partial charge on any atom is 0.276 e. The molecule has 0 saturated carbocycles. The molecule has 0 bridgehead atoms. The molecule has 7 heteroatoms. The number of rotatable bonds is 3. The average molecular weight is 331 g/mol. The Morgan fingerprint density at radius 1 is 1.26 bits per heavy atom. The lowest BCUT2D eigenvalue weighted by atomic mass is 10.2. The van der Waals surface area contributed by atoms with E-state index in [1.165, 1.54) is 0 Å². The van der Waals surface area contributed by atoms with E-state index in [2.05, 4.69) is 15.5 Å². The first kappa shape index (κ1) is 14.4. The zero-order valence-corrected chi connectivity index (χ0v) is 13.6. The lowest BCUT2D eigenvalue weighted by molar-refractivity contribution is 0.102. The number of nitrogens with zero attached hydrogens (tertiary/aromatic N) is 1. The van der Waals surface area contributed by atoms with E-state index in [1.807, 2.05) is 18.4 Å². The summed E-state index contributed by atoms with van der Waals surface area (Å²) in [6, 6.07) is 3.73. The fourth-order valence-corrected chi connectivity index (χ4v) is 3.58. The third-order valence-electron chi connectivity index (χ3n) is 4.13. The number of benzene rings is 1. The maximum absolute atomic E-state index is 12.6. The Bertz CT molecular complexity index is 772. The van der Waals surface area contributed by atoms with Gasteiger partial charge in [0.25, 0.3) is 5.91 Å². The van der Waals surface area contributed by atoms with Gasteiger partial charge in [-0.25, -0.2) is 0 Å². The highest BCUT2D eigenvalue weighted by Crippen LogP contribution is 2.39. The number of carbonyl (C=O) groups is 1. The summed E-state index contributed by atoms with van der Waals surface area (Å²) in [6.07, 6.45) is 4.91. The number of H-pyrrole nitrogens is 1. The van der Waals surface area contributed by atoms with Crippen LogP contribution in [0.3, 0.4) is 0 Å². The molecule has 4 rings (SSSR count). The minimum atomic E-state index is -0.184. The van der Waals surface area contributed by atoms with Gasteiger partial charge in [0.1, 0.15) is 13.2 Å². The SMILES string of the molecule is CSc1cc2c(cc1NC(=O)c1n[nH]c3c1CCC3)OCCO2. The highest BCUT2D eigenvalue weighted by Gasteiger charge is 2.24. The first-order chi connectivity index (χ1) is 11.3. The predicted octanol–water partition coefficient (Wildman–Crippen LogP) is 2.64. The molecule has 1 aliphatic carbocycles. The second-order valence-electron chi connectivity index (χ2n) is 5.53. The Kier molecular flexibility index (Phi) is 3.65. The number of nitrogens with one attached hydrogen (secondary N) is 2. The van der Waals surface area contributed by atoms with E-state index in [1.54, 1.807) is 11.8 Å². The topological polar surface area (TPSA) is 76.2 Å². The summed E-state index contributed by atoms with van der Waals surface area (Å²) >= 11 is 1.55. The molecule has 23 heavy (non-hydrogen) atoms. The van der Waals surface area contributed by atoms with Crippen LogP contribution in [0.25, 0.3) is 0 Å². The Hall–Kier alpha value is -2.15. The smallest absolute Gasteiger partial charge is 0.276 e. The molecule has 1 aromatic carbocycles. The van der Waals surface area contributed by atoms with E-state index in [4.69, 9.17) is 9.47 Å². The van der Waals surface area contributed by atoms with Crippen LogP contribution in [-0.2, 0) is 12.8 Å². The van der Waals surface area contributed by atoms with Gasteiger partial charge in [0.05, 0.1) is 5.69 Å². The summed E-state index contributed by atoms with van der Waals surface area (Å²) < 4.78 is 11.2. The van der Waals surface area contributed by atoms with Gasteiger partial charge in [0.2, 0.25) is 0 Å². The molecule has 2 aromatic rings. The molecule has 2 N–H and O–H groups in total. The summed E-state index contributed by atoms with van der Waals surface area (Å²) in [5.74, 6) is 1.20. The normalized spacial score (nSPS) is 15.3. The number of aryl methyl sites for hydroxylation is 1. The van der Waals surface area contributed by atoms with Crippen molar-refractivity contribution in [2.24, 2.45) is 0 Å². The van der Waals surface area contributed by atoms with Crippen LogP contribution in [0.4, 0.5) is 5.69 Å². The molecule has 0 atom stereocenters. The molecule has 0 radical (unpaired) electrons. The number of amides is 1. The minimum Gasteiger partial charge on any atom is -0.486 e. The van der Waals surface area contributed by atoms with E-state index >= 15 is 0 Å². The first-order valence-electron chi connectivity index (χ1n) is 7.61. The molecular weight excluding hydrogens is 314 g/mol. The van der Waals surface area contributed by atoms with Crippen LogP contribution < -0.4 is 14.8 Å². The van der Waals surface area contributed by atoms with E-state index in [-0.39, 0.29) is 5.91 Å². The summed E-state index contributed by atoms with van der Waals surface area (Å²) in [7, 11) is 0. The summed E-state index contributed by atoms with van der Waals surface area (Å²) in [4.78, 5) is 13.5. The lowest BCUT2D eigenvalue weighted by Gasteiger charge is -2.20. The maximum atomic E-state index is 12.6. The second-order valence-corrected chi connectivity index (χ2v) is 6.38. The zero-order chi connectivity index (χ0) is 15.8.